The van der Waals surface area contributed by atoms with Crippen LogP contribution in [0.25, 0.3) is 10.4 Å². The van der Waals surface area contributed by atoms with E-state index in [1.54, 1.807) is 0 Å². The van der Waals surface area contributed by atoms with E-state index in [0.717, 1.165) is 11.6 Å². The summed E-state index contributed by atoms with van der Waals surface area (Å²) in [5.74, 6) is -0.255. The lowest BCUT2D eigenvalue weighted by Crippen LogP contribution is -2.10. The largest absolute Gasteiger partial charge is 0.484 e. The average Bonchev–Trinajstić information content (AvgIpc) is 2.57. The quantitative estimate of drug-likeness (QED) is 0.391. The van der Waals surface area contributed by atoms with Gasteiger partial charge in [0.2, 0.25) is 0 Å². The molecule has 0 aliphatic heterocycles. The van der Waals surface area contributed by atoms with Gasteiger partial charge in [0.1, 0.15) is 23.7 Å². The molecule has 0 fully saturated rings. The highest BCUT2D eigenvalue weighted by molar-refractivity contribution is 9.10. The van der Waals surface area contributed by atoms with Crippen LogP contribution < -0.4 is 4.74 Å². The minimum atomic E-state index is -0.528. The number of ether oxygens (including phenoxy) is 1. The zero-order valence-corrected chi connectivity index (χ0v) is 13.6. The van der Waals surface area contributed by atoms with Crippen molar-refractivity contribution in [2.45, 2.75) is 12.5 Å². The van der Waals surface area contributed by atoms with Gasteiger partial charge in [-0.2, -0.15) is 5.26 Å². The summed E-state index contributed by atoms with van der Waals surface area (Å²) in [6.07, 6.45) is 0.0275. The normalized spacial score (nSPS) is 11.2. The number of nitriles is 1. The zero-order chi connectivity index (χ0) is 16.7. The van der Waals surface area contributed by atoms with Gasteiger partial charge in [0.15, 0.2) is 0 Å². The molecule has 0 saturated heterocycles. The lowest BCUT2D eigenvalue weighted by molar-refractivity contribution is 0.197. The number of hydrogen-bond donors (Lipinski definition) is 0. The zero-order valence-electron chi connectivity index (χ0n) is 12.0. The molecular formula is C16H12BrFN4O. The summed E-state index contributed by atoms with van der Waals surface area (Å²) in [6.45, 7) is 0.250. The Kier molecular flexibility index (Phi) is 5.98. The molecule has 0 saturated carbocycles. The summed E-state index contributed by atoms with van der Waals surface area (Å²) in [5, 5.41) is 12.7. The summed E-state index contributed by atoms with van der Waals surface area (Å²) in [4.78, 5) is 2.73. The molecular weight excluding hydrogens is 363 g/mol. The number of halogens is 2. The maximum atomic E-state index is 13.5. The maximum absolute atomic E-state index is 13.5. The third kappa shape index (κ3) is 4.46. The Hall–Kier alpha value is -2.55. The van der Waals surface area contributed by atoms with Crippen molar-refractivity contribution < 1.29 is 9.13 Å². The predicted octanol–water partition coefficient (Wildman–Crippen LogP) is 5.28. The van der Waals surface area contributed by atoms with E-state index in [2.05, 4.69) is 26.0 Å². The van der Waals surface area contributed by atoms with Crippen LogP contribution in [0.1, 0.15) is 23.7 Å². The highest BCUT2D eigenvalue weighted by Crippen LogP contribution is 2.31. The van der Waals surface area contributed by atoms with Crippen molar-refractivity contribution in [2.24, 2.45) is 5.11 Å². The van der Waals surface area contributed by atoms with Crippen LogP contribution in [-0.4, -0.2) is 6.54 Å². The second-order valence-electron chi connectivity index (χ2n) is 4.63. The molecule has 0 bridgehead atoms. The van der Waals surface area contributed by atoms with E-state index in [9.17, 15) is 4.39 Å². The fraction of sp³-hybridized carbons (Fsp3) is 0.188. The van der Waals surface area contributed by atoms with E-state index in [-0.39, 0.29) is 22.3 Å². The van der Waals surface area contributed by atoms with Crippen LogP contribution in [0.2, 0.25) is 0 Å². The van der Waals surface area contributed by atoms with Gasteiger partial charge in [-0.3, -0.25) is 0 Å². The molecule has 0 amide bonds. The number of hydrogen-bond acceptors (Lipinski definition) is 3. The molecule has 0 aliphatic carbocycles. The fourth-order valence-electron chi connectivity index (χ4n) is 2.05. The van der Waals surface area contributed by atoms with E-state index in [4.69, 9.17) is 15.5 Å². The highest BCUT2D eigenvalue weighted by Gasteiger charge is 2.17. The van der Waals surface area contributed by atoms with Gasteiger partial charge in [0.05, 0.1) is 10.0 Å². The SMILES string of the molecule is N#Cc1cc(F)c(Br)cc1O[C@H](CCN=[N+]=[N-])c1ccccc1. The first kappa shape index (κ1) is 16.8. The van der Waals surface area contributed by atoms with Crippen LogP contribution in [0.5, 0.6) is 5.75 Å². The van der Waals surface area contributed by atoms with Gasteiger partial charge < -0.3 is 4.74 Å². The van der Waals surface area contributed by atoms with Crippen molar-refractivity contribution in [3.8, 4) is 11.8 Å². The second kappa shape index (κ2) is 8.18. The number of nitrogens with zero attached hydrogens (tertiary/aromatic N) is 4. The second-order valence-corrected chi connectivity index (χ2v) is 5.49. The first-order valence-corrected chi connectivity index (χ1v) is 7.56. The molecule has 2 rings (SSSR count). The Bertz CT molecular complexity index is 770. The molecule has 0 heterocycles. The Morgan fingerprint density at radius 3 is 2.74 bits per heavy atom. The van der Waals surface area contributed by atoms with Gasteiger partial charge in [-0.15, -0.1) is 0 Å². The van der Waals surface area contributed by atoms with E-state index in [0.29, 0.717) is 6.42 Å². The molecule has 116 valence electrons. The van der Waals surface area contributed by atoms with E-state index >= 15 is 0 Å². The fourth-order valence-corrected chi connectivity index (χ4v) is 2.37. The molecule has 0 aromatic heterocycles. The number of azide groups is 1. The molecule has 1 atom stereocenters. The molecule has 23 heavy (non-hydrogen) atoms. The summed E-state index contributed by atoms with van der Waals surface area (Å²) < 4.78 is 19.7. The summed E-state index contributed by atoms with van der Waals surface area (Å²) in [7, 11) is 0. The van der Waals surface area contributed by atoms with Crippen molar-refractivity contribution in [2.75, 3.05) is 6.54 Å². The Balaban J connectivity index is 2.32. The Morgan fingerprint density at radius 1 is 1.35 bits per heavy atom. The molecule has 2 aromatic rings. The Morgan fingerprint density at radius 2 is 2.09 bits per heavy atom. The van der Waals surface area contributed by atoms with E-state index < -0.39 is 11.9 Å². The molecule has 0 spiro atoms. The predicted molar refractivity (Wildman–Crippen MR) is 87.3 cm³/mol. The standard InChI is InChI=1S/C16H12BrFN4O/c17-13-9-16(12(10-19)8-14(13)18)23-15(6-7-21-22-20)11-4-2-1-3-5-11/h1-5,8-9,15H,6-7H2/t15-/m1/s1. The lowest BCUT2D eigenvalue weighted by Gasteiger charge is -2.20. The van der Waals surface area contributed by atoms with Gasteiger partial charge in [0.25, 0.3) is 0 Å². The Labute approximate surface area is 141 Å². The highest BCUT2D eigenvalue weighted by atomic mass is 79.9. The van der Waals surface area contributed by atoms with Gasteiger partial charge in [-0.1, -0.05) is 35.4 Å². The van der Waals surface area contributed by atoms with Crippen molar-refractivity contribution >= 4 is 15.9 Å². The van der Waals surface area contributed by atoms with Gasteiger partial charge in [-0.25, -0.2) is 4.39 Å². The molecule has 5 nitrogen and oxygen atoms in total. The molecule has 0 radical (unpaired) electrons. The van der Waals surface area contributed by atoms with E-state index in [1.165, 1.54) is 6.07 Å². The van der Waals surface area contributed by atoms with Crippen molar-refractivity contribution in [3.05, 3.63) is 74.3 Å². The summed E-state index contributed by atoms with van der Waals surface area (Å²) in [5.41, 5.74) is 9.40. The molecule has 7 heteroatoms. The van der Waals surface area contributed by atoms with Crippen molar-refractivity contribution in [1.82, 2.24) is 0 Å². The van der Waals surface area contributed by atoms with Crippen molar-refractivity contribution in [1.29, 1.82) is 5.26 Å². The van der Waals surface area contributed by atoms with Crippen molar-refractivity contribution in [3.63, 3.8) is 0 Å². The number of rotatable bonds is 6. The smallest absolute Gasteiger partial charge is 0.139 e. The van der Waals surface area contributed by atoms with Crippen LogP contribution in [-0.2, 0) is 0 Å². The maximum Gasteiger partial charge on any atom is 0.139 e. The van der Waals surface area contributed by atoms with Gasteiger partial charge in [0, 0.05) is 11.5 Å². The van der Waals surface area contributed by atoms with Crippen LogP contribution >= 0.6 is 15.9 Å². The van der Waals surface area contributed by atoms with Gasteiger partial charge >= 0.3 is 0 Å². The van der Waals surface area contributed by atoms with Gasteiger partial charge in [-0.05, 0) is 45.6 Å². The topological polar surface area (TPSA) is 81.8 Å². The third-order valence-corrected chi connectivity index (χ3v) is 3.75. The molecule has 2 aromatic carbocycles. The minimum absolute atomic E-state index is 0.107. The van der Waals surface area contributed by atoms with Crippen LogP contribution in [0.15, 0.2) is 52.1 Å². The first-order chi connectivity index (χ1) is 11.2. The van der Waals surface area contributed by atoms with Crippen LogP contribution in [0, 0.1) is 17.1 Å². The molecule has 0 unspecified atom stereocenters. The van der Waals surface area contributed by atoms with Crippen LogP contribution in [0.3, 0.4) is 0 Å². The lowest BCUT2D eigenvalue weighted by atomic mass is 10.1. The average molecular weight is 375 g/mol. The monoisotopic (exact) mass is 374 g/mol. The third-order valence-electron chi connectivity index (χ3n) is 3.14. The van der Waals surface area contributed by atoms with E-state index in [1.807, 2.05) is 36.4 Å². The molecule has 0 aliphatic rings. The van der Waals surface area contributed by atoms with Crippen LogP contribution in [0.4, 0.5) is 4.39 Å². The summed E-state index contributed by atoms with van der Waals surface area (Å²) in [6, 6.07) is 13.8. The summed E-state index contributed by atoms with van der Waals surface area (Å²) >= 11 is 3.09. The molecule has 0 N–H and O–H groups in total. The minimum Gasteiger partial charge on any atom is -0.484 e. The first-order valence-electron chi connectivity index (χ1n) is 6.77. The number of benzene rings is 2.